The molecule has 0 spiro atoms. The van der Waals surface area contributed by atoms with E-state index in [-0.39, 0.29) is 18.0 Å². The third-order valence-corrected chi connectivity index (χ3v) is 6.18. The molecule has 136 valence electrons. The van der Waals surface area contributed by atoms with Gasteiger partial charge in [0.1, 0.15) is 5.78 Å². The lowest BCUT2D eigenvalue weighted by molar-refractivity contribution is -0.136. The number of likely N-dealkylation sites (tertiary alicyclic amines) is 1. The van der Waals surface area contributed by atoms with Crippen LogP contribution in [0.25, 0.3) is 0 Å². The van der Waals surface area contributed by atoms with Crippen LogP contribution >= 0.6 is 23.2 Å². The summed E-state index contributed by atoms with van der Waals surface area (Å²) in [5, 5.41) is 0.957. The van der Waals surface area contributed by atoms with Crippen LogP contribution in [0.2, 0.25) is 10.0 Å². The lowest BCUT2D eigenvalue weighted by Crippen LogP contribution is -2.54. The van der Waals surface area contributed by atoms with Crippen molar-refractivity contribution in [2.75, 3.05) is 20.1 Å². The van der Waals surface area contributed by atoms with Gasteiger partial charge in [0.25, 0.3) is 0 Å². The van der Waals surface area contributed by atoms with Crippen molar-refractivity contribution in [2.45, 2.75) is 50.6 Å². The zero-order chi connectivity index (χ0) is 18.0. The van der Waals surface area contributed by atoms with E-state index in [0.29, 0.717) is 35.1 Å². The van der Waals surface area contributed by atoms with Gasteiger partial charge in [-0.15, -0.1) is 0 Å². The predicted octanol–water partition coefficient (Wildman–Crippen LogP) is 3.58. The fourth-order valence-corrected chi connectivity index (χ4v) is 4.32. The van der Waals surface area contributed by atoms with Crippen molar-refractivity contribution in [1.29, 1.82) is 0 Å². The summed E-state index contributed by atoms with van der Waals surface area (Å²) in [5.41, 5.74) is 0.857. The zero-order valence-electron chi connectivity index (χ0n) is 14.5. The maximum atomic E-state index is 12.8. The highest BCUT2D eigenvalue weighted by Gasteiger charge is 2.38. The summed E-state index contributed by atoms with van der Waals surface area (Å²) < 4.78 is 0. The topological polar surface area (TPSA) is 40.6 Å². The number of nitrogens with zero attached hydrogens (tertiary/aromatic N) is 2. The first-order valence-corrected chi connectivity index (χ1v) is 9.66. The maximum Gasteiger partial charge on any atom is 0.227 e. The van der Waals surface area contributed by atoms with E-state index in [1.165, 1.54) is 12.8 Å². The molecule has 1 aromatic carbocycles. The van der Waals surface area contributed by atoms with E-state index >= 15 is 0 Å². The Kier molecular flexibility index (Phi) is 6.03. The van der Waals surface area contributed by atoms with E-state index in [1.54, 1.807) is 12.1 Å². The van der Waals surface area contributed by atoms with Gasteiger partial charge < -0.3 is 4.90 Å². The van der Waals surface area contributed by atoms with Gasteiger partial charge in [0.2, 0.25) is 5.91 Å². The SMILES string of the molecule is CN(C(=O)Cc1ccc(Cl)c(Cl)c1)[C@H]1CCC(=O)C[C@@H]1N1CCCC1. The van der Waals surface area contributed by atoms with Crippen LogP contribution in [0.15, 0.2) is 18.2 Å². The lowest BCUT2D eigenvalue weighted by atomic mass is 9.87. The lowest BCUT2D eigenvalue weighted by Gasteiger charge is -2.42. The highest BCUT2D eigenvalue weighted by atomic mass is 35.5. The molecule has 1 heterocycles. The van der Waals surface area contributed by atoms with Gasteiger partial charge in [-0.1, -0.05) is 29.3 Å². The Morgan fingerprint density at radius 2 is 1.96 bits per heavy atom. The van der Waals surface area contributed by atoms with Gasteiger partial charge in [-0.3, -0.25) is 14.5 Å². The monoisotopic (exact) mass is 382 g/mol. The third kappa shape index (κ3) is 4.36. The molecular formula is C19H24Cl2N2O2. The Morgan fingerprint density at radius 1 is 1.24 bits per heavy atom. The fourth-order valence-electron chi connectivity index (χ4n) is 4.00. The van der Waals surface area contributed by atoms with Gasteiger partial charge >= 0.3 is 0 Å². The van der Waals surface area contributed by atoms with E-state index in [9.17, 15) is 9.59 Å². The van der Waals surface area contributed by atoms with Crippen LogP contribution in [-0.4, -0.2) is 53.7 Å². The number of amides is 1. The van der Waals surface area contributed by atoms with Gasteiger partial charge in [-0.25, -0.2) is 0 Å². The molecule has 25 heavy (non-hydrogen) atoms. The van der Waals surface area contributed by atoms with E-state index in [0.717, 1.165) is 25.1 Å². The van der Waals surface area contributed by atoms with Crippen molar-refractivity contribution in [3.8, 4) is 0 Å². The number of benzene rings is 1. The van der Waals surface area contributed by atoms with E-state index < -0.39 is 0 Å². The van der Waals surface area contributed by atoms with E-state index in [2.05, 4.69) is 4.90 Å². The van der Waals surface area contributed by atoms with Crippen molar-refractivity contribution < 1.29 is 9.59 Å². The Labute approximate surface area is 159 Å². The van der Waals surface area contributed by atoms with Crippen LogP contribution in [0, 0.1) is 0 Å². The normalized spacial score (nSPS) is 24.5. The molecule has 0 N–H and O–H groups in total. The molecular weight excluding hydrogens is 359 g/mol. The molecule has 2 aliphatic rings. The summed E-state index contributed by atoms with van der Waals surface area (Å²) in [6.45, 7) is 2.06. The number of hydrogen-bond donors (Lipinski definition) is 0. The van der Waals surface area contributed by atoms with Crippen LogP contribution in [0.3, 0.4) is 0 Å². The summed E-state index contributed by atoms with van der Waals surface area (Å²) in [6, 6.07) is 5.57. The molecule has 0 aromatic heterocycles. The van der Waals surface area contributed by atoms with Crippen molar-refractivity contribution in [3.05, 3.63) is 33.8 Å². The molecule has 1 aromatic rings. The second kappa shape index (κ2) is 8.07. The van der Waals surface area contributed by atoms with Crippen LogP contribution in [0.5, 0.6) is 0 Å². The summed E-state index contributed by atoms with van der Waals surface area (Å²) >= 11 is 12.0. The smallest absolute Gasteiger partial charge is 0.227 e. The number of carbonyl (C=O) groups excluding carboxylic acids is 2. The molecule has 0 radical (unpaired) electrons. The first-order valence-electron chi connectivity index (χ1n) is 8.91. The minimum absolute atomic E-state index is 0.0573. The van der Waals surface area contributed by atoms with Crippen LogP contribution in [0.1, 0.15) is 37.7 Å². The number of Topliss-reactive ketones (excluding diaryl/α,β-unsaturated/α-hetero) is 1. The summed E-state index contributed by atoms with van der Waals surface area (Å²) in [4.78, 5) is 29.0. The first kappa shape index (κ1) is 18.7. The standard InChI is InChI=1S/C19H24Cl2N2O2/c1-22(19(25)11-13-4-6-15(20)16(21)10-13)17-7-5-14(24)12-18(17)23-8-2-3-9-23/h4,6,10,17-18H,2-3,5,7-9,11-12H2,1H3/t17-,18-/m0/s1. The first-order chi connectivity index (χ1) is 12.0. The third-order valence-electron chi connectivity index (χ3n) is 5.44. The molecule has 1 aliphatic heterocycles. The Morgan fingerprint density at radius 3 is 2.64 bits per heavy atom. The van der Waals surface area contributed by atoms with Gasteiger partial charge in [0.15, 0.2) is 0 Å². The maximum absolute atomic E-state index is 12.8. The second-order valence-electron chi connectivity index (χ2n) is 7.09. The molecule has 0 unspecified atom stereocenters. The average Bonchev–Trinajstić information content (AvgIpc) is 3.12. The van der Waals surface area contributed by atoms with Crippen molar-refractivity contribution in [1.82, 2.24) is 9.80 Å². The van der Waals surface area contributed by atoms with Crippen LogP contribution in [-0.2, 0) is 16.0 Å². The number of rotatable bonds is 4. The van der Waals surface area contributed by atoms with Gasteiger partial charge in [-0.05, 0) is 50.0 Å². The van der Waals surface area contributed by atoms with Gasteiger partial charge in [0, 0.05) is 32.0 Å². The van der Waals surface area contributed by atoms with E-state index in [4.69, 9.17) is 23.2 Å². The minimum atomic E-state index is 0.0573. The molecule has 1 aliphatic carbocycles. The quantitative estimate of drug-likeness (QED) is 0.798. The summed E-state index contributed by atoms with van der Waals surface area (Å²) in [6.07, 6.45) is 4.54. The molecule has 1 saturated heterocycles. The van der Waals surface area contributed by atoms with Crippen LogP contribution < -0.4 is 0 Å². The predicted molar refractivity (Wildman–Crippen MR) is 100 cm³/mol. The molecule has 0 bridgehead atoms. The van der Waals surface area contributed by atoms with Crippen LogP contribution in [0.4, 0.5) is 0 Å². The average molecular weight is 383 g/mol. The molecule has 3 rings (SSSR count). The fraction of sp³-hybridized carbons (Fsp3) is 0.579. The van der Waals surface area contributed by atoms with Crippen molar-refractivity contribution >= 4 is 34.9 Å². The highest BCUT2D eigenvalue weighted by Crippen LogP contribution is 2.28. The Balaban J connectivity index is 1.70. The van der Waals surface area contributed by atoms with Gasteiger partial charge in [0.05, 0.1) is 16.5 Å². The summed E-state index contributed by atoms with van der Waals surface area (Å²) in [5.74, 6) is 0.375. The molecule has 6 heteroatoms. The number of likely N-dealkylation sites (N-methyl/N-ethyl adjacent to an activating group) is 1. The highest BCUT2D eigenvalue weighted by molar-refractivity contribution is 6.42. The number of halogens is 2. The zero-order valence-corrected chi connectivity index (χ0v) is 16.0. The van der Waals surface area contributed by atoms with Crippen molar-refractivity contribution in [2.24, 2.45) is 0 Å². The Hall–Kier alpha value is -1.10. The Bertz CT molecular complexity index is 659. The summed E-state index contributed by atoms with van der Waals surface area (Å²) in [7, 11) is 1.86. The van der Waals surface area contributed by atoms with Crippen molar-refractivity contribution in [3.63, 3.8) is 0 Å². The minimum Gasteiger partial charge on any atom is -0.341 e. The molecule has 2 fully saturated rings. The number of carbonyl (C=O) groups is 2. The largest absolute Gasteiger partial charge is 0.341 e. The molecule has 4 nitrogen and oxygen atoms in total. The molecule has 1 amide bonds. The van der Waals surface area contributed by atoms with Gasteiger partial charge in [-0.2, -0.15) is 0 Å². The number of ketones is 1. The molecule has 2 atom stereocenters. The second-order valence-corrected chi connectivity index (χ2v) is 7.90. The van der Waals surface area contributed by atoms with E-state index in [1.807, 2.05) is 18.0 Å². The number of hydrogen-bond acceptors (Lipinski definition) is 3. The molecule has 1 saturated carbocycles.